The van der Waals surface area contributed by atoms with Crippen LogP contribution in [0.2, 0.25) is 0 Å². The van der Waals surface area contributed by atoms with Gasteiger partial charge in [-0.25, -0.2) is 4.98 Å². The molecular weight excluding hydrogens is 424 g/mol. The van der Waals surface area contributed by atoms with Gasteiger partial charge in [0.1, 0.15) is 11.8 Å². The molecule has 0 bridgehead atoms. The molecule has 0 saturated carbocycles. The predicted octanol–water partition coefficient (Wildman–Crippen LogP) is 0.219. The van der Waals surface area contributed by atoms with E-state index in [1.807, 2.05) is 15.9 Å². The van der Waals surface area contributed by atoms with Crippen LogP contribution in [-0.4, -0.2) is 93.9 Å². The molecule has 0 spiro atoms. The molecule has 2 amide bonds. The van der Waals surface area contributed by atoms with E-state index in [1.165, 1.54) is 0 Å². The molecule has 2 aromatic rings. The minimum absolute atomic E-state index is 0.0602. The average molecular weight is 451 g/mol. The number of carbonyl (C=O) groups excluding carboxylic acids is 2. The highest BCUT2D eigenvalue weighted by Gasteiger charge is 2.25. The molecule has 0 unspecified atom stereocenters. The molecule has 12 heteroatoms. The van der Waals surface area contributed by atoms with Crippen molar-refractivity contribution in [3.63, 3.8) is 0 Å². The van der Waals surface area contributed by atoms with Gasteiger partial charge in [-0.15, -0.1) is 0 Å². The fourth-order valence-corrected chi connectivity index (χ4v) is 3.80. The summed E-state index contributed by atoms with van der Waals surface area (Å²) in [6.45, 7) is 8.07. The zero-order chi connectivity index (χ0) is 23.4. The fraction of sp³-hybridized carbons (Fsp3) is 0.476. The van der Waals surface area contributed by atoms with Crippen molar-refractivity contribution in [3.8, 4) is 6.07 Å². The number of hydrogen-bond acceptors (Lipinski definition) is 10. The number of nitrogens with one attached hydrogen (secondary N) is 1. The maximum atomic E-state index is 11.7. The second-order valence-corrected chi connectivity index (χ2v) is 7.91. The Hall–Kier alpha value is -4.01. The number of anilines is 4. The van der Waals surface area contributed by atoms with Crippen LogP contribution in [0.5, 0.6) is 0 Å². The van der Waals surface area contributed by atoms with Gasteiger partial charge >= 0.3 is 0 Å². The van der Waals surface area contributed by atoms with Gasteiger partial charge in [0.15, 0.2) is 0 Å². The summed E-state index contributed by atoms with van der Waals surface area (Å²) in [7, 11) is 0. The summed E-state index contributed by atoms with van der Waals surface area (Å²) in [5, 5.41) is 12.1. The molecule has 0 radical (unpaired) electrons. The number of carbonyl (C=O) groups is 2. The first-order chi connectivity index (χ1) is 15.9. The van der Waals surface area contributed by atoms with E-state index in [9.17, 15) is 9.59 Å². The summed E-state index contributed by atoms with van der Waals surface area (Å²) in [6, 6.07) is 5.36. The van der Waals surface area contributed by atoms with Gasteiger partial charge < -0.3 is 24.9 Å². The zero-order valence-electron chi connectivity index (χ0n) is 18.7. The average Bonchev–Trinajstić information content (AvgIpc) is 2.84. The minimum Gasteiger partial charge on any atom is -0.339 e. The molecule has 4 rings (SSSR count). The smallest absolute Gasteiger partial charge is 0.233 e. The lowest BCUT2D eigenvalue weighted by Crippen LogP contribution is -2.50. The molecule has 2 fully saturated rings. The quantitative estimate of drug-likeness (QED) is 0.689. The van der Waals surface area contributed by atoms with Crippen molar-refractivity contribution < 1.29 is 9.59 Å². The Kier molecular flexibility index (Phi) is 6.48. The number of pyridine rings is 1. The molecule has 33 heavy (non-hydrogen) atoms. The summed E-state index contributed by atoms with van der Waals surface area (Å²) in [4.78, 5) is 49.1. The van der Waals surface area contributed by atoms with E-state index in [2.05, 4.69) is 20.3 Å². The van der Waals surface area contributed by atoms with Gasteiger partial charge in [0, 0.05) is 66.2 Å². The maximum Gasteiger partial charge on any atom is 0.233 e. The Labute approximate surface area is 191 Å². The van der Waals surface area contributed by atoms with Crippen molar-refractivity contribution in [2.45, 2.75) is 13.8 Å². The predicted molar refractivity (Wildman–Crippen MR) is 121 cm³/mol. The third kappa shape index (κ3) is 5.25. The highest BCUT2D eigenvalue weighted by atomic mass is 16.2. The first-order valence-corrected chi connectivity index (χ1v) is 10.8. The van der Waals surface area contributed by atoms with Crippen molar-refractivity contribution in [1.29, 1.82) is 5.26 Å². The van der Waals surface area contributed by atoms with Crippen molar-refractivity contribution in [2.75, 3.05) is 67.5 Å². The van der Waals surface area contributed by atoms with Crippen LogP contribution < -0.4 is 15.1 Å². The largest absolute Gasteiger partial charge is 0.339 e. The lowest BCUT2D eigenvalue weighted by Gasteiger charge is -2.36. The Bertz CT molecular complexity index is 999. The summed E-state index contributed by atoms with van der Waals surface area (Å²) >= 11 is 0. The lowest BCUT2D eigenvalue weighted by molar-refractivity contribution is -0.129. The summed E-state index contributed by atoms with van der Waals surface area (Å²) in [5.41, 5.74) is 0.976. The number of piperazine rings is 2. The monoisotopic (exact) mass is 450 g/mol. The second-order valence-electron chi connectivity index (χ2n) is 7.91. The van der Waals surface area contributed by atoms with E-state index in [0.29, 0.717) is 81.6 Å². The normalized spacial score (nSPS) is 16.4. The third-order valence-corrected chi connectivity index (χ3v) is 5.76. The van der Waals surface area contributed by atoms with E-state index in [1.54, 1.807) is 42.0 Å². The molecule has 2 aromatic heterocycles. The summed E-state index contributed by atoms with van der Waals surface area (Å²) in [5.74, 6) is 1.54. The lowest BCUT2D eigenvalue weighted by atomic mass is 10.3. The van der Waals surface area contributed by atoms with Crippen LogP contribution in [-0.2, 0) is 9.59 Å². The van der Waals surface area contributed by atoms with Gasteiger partial charge in [0.25, 0.3) is 0 Å². The van der Waals surface area contributed by atoms with Gasteiger partial charge in [-0.3, -0.25) is 9.59 Å². The third-order valence-electron chi connectivity index (χ3n) is 5.76. The number of nitriles is 1. The maximum absolute atomic E-state index is 11.7. The molecule has 1 N–H and O–H groups in total. The second kappa shape index (κ2) is 9.64. The summed E-state index contributed by atoms with van der Waals surface area (Å²) in [6.07, 6.45) is 1.55. The highest BCUT2D eigenvalue weighted by Crippen LogP contribution is 2.21. The Balaban J connectivity index is 1.58. The van der Waals surface area contributed by atoms with E-state index >= 15 is 0 Å². The van der Waals surface area contributed by atoms with Crippen LogP contribution in [0.15, 0.2) is 18.3 Å². The van der Waals surface area contributed by atoms with E-state index in [0.717, 1.165) is 0 Å². The number of rotatable bonds is 4. The standard InChI is InChI=1S/C21H26N10O2/c1-15(32)28-5-9-30(10-6-28)20-25-19(24-18-4-3-17(13-22)23-14-18)26-21(27-20)31-11-7-29(8-12-31)16(2)33/h3-4,14H,5-12H2,1-2H3,(H,24,25,26,27). The fourth-order valence-electron chi connectivity index (χ4n) is 3.80. The van der Waals surface area contributed by atoms with Crippen LogP contribution in [0.25, 0.3) is 0 Å². The van der Waals surface area contributed by atoms with Crippen LogP contribution in [0.1, 0.15) is 19.5 Å². The van der Waals surface area contributed by atoms with Crippen LogP contribution >= 0.6 is 0 Å². The SMILES string of the molecule is CC(=O)N1CCN(c2nc(Nc3ccc(C#N)nc3)nc(N3CCN(C(C)=O)CC3)n2)CC1. The molecule has 2 aliphatic rings. The van der Waals surface area contributed by atoms with Gasteiger partial charge in [0.2, 0.25) is 29.7 Å². The molecule has 12 nitrogen and oxygen atoms in total. The number of hydrogen-bond donors (Lipinski definition) is 1. The Morgan fingerprint density at radius 2 is 1.36 bits per heavy atom. The number of nitrogens with zero attached hydrogens (tertiary/aromatic N) is 9. The Morgan fingerprint density at radius 3 is 1.76 bits per heavy atom. The van der Waals surface area contributed by atoms with Crippen LogP contribution in [0.3, 0.4) is 0 Å². The van der Waals surface area contributed by atoms with E-state index in [4.69, 9.17) is 10.2 Å². The number of aromatic nitrogens is 4. The Morgan fingerprint density at radius 1 is 0.848 bits per heavy atom. The van der Waals surface area contributed by atoms with Gasteiger partial charge in [0.05, 0.1) is 11.9 Å². The number of amides is 2. The van der Waals surface area contributed by atoms with Crippen LogP contribution in [0, 0.1) is 11.3 Å². The minimum atomic E-state index is 0.0602. The zero-order valence-corrected chi connectivity index (χ0v) is 18.7. The van der Waals surface area contributed by atoms with Crippen molar-refractivity contribution in [1.82, 2.24) is 29.7 Å². The van der Waals surface area contributed by atoms with E-state index < -0.39 is 0 Å². The first-order valence-electron chi connectivity index (χ1n) is 10.8. The molecule has 0 aliphatic carbocycles. The molecule has 2 aliphatic heterocycles. The van der Waals surface area contributed by atoms with Gasteiger partial charge in [-0.1, -0.05) is 0 Å². The molecule has 172 valence electrons. The first kappa shape index (κ1) is 22.2. The highest BCUT2D eigenvalue weighted by molar-refractivity contribution is 5.74. The van der Waals surface area contributed by atoms with Crippen LogP contribution in [0.4, 0.5) is 23.5 Å². The molecule has 0 atom stereocenters. The molecule has 4 heterocycles. The van der Waals surface area contributed by atoms with Gasteiger partial charge in [-0.05, 0) is 12.1 Å². The van der Waals surface area contributed by atoms with Crippen molar-refractivity contribution >= 4 is 35.3 Å². The molecule has 0 aromatic carbocycles. The van der Waals surface area contributed by atoms with Crippen molar-refractivity contribution in [2.24, 2.45) is 0 Å². The molecular formula is C21H26N10O2. The van der Waals surface area contributed by atoms with E-state index in [-0.39, 0.29) is 11.8 Å². The topological polar surface area (TPSA) is 134 Å². The summed E-state index contributed by atoms with van der Waals surface area (Å²) < 4.78 is 0. The van der Waals surface area contributed by atoms with Gasteiger partial charge in [-0.2, -0.15) is 20.2 Å². The molecule has 2 saturated heterocycles. The van der Waals surface area contributed by atoms with Crippen molar-refractivity contribution in [3.05, 3.63) is 24.0 Å².